The predicted octanol–water partition coefficient (Wildman–Crippen LogP) is 5.39. The fraction of sp³-hybridized carbons (Fsp3) is 0.143. The van der Waals surface area contributed by atoms with E-state index in [4.69, 9.17) is 0 Å². The van der Waals surface area contributed by atoms with Crippen molar-refractivity contribution in [2.75, 3.05) is 10.2 Å². The highest BCUT2D eigenvalue weighted by Gasteiger charge is 2.56. The first kappa shape index (κ1) is 26.6. The number of amides is 3. The number of benzene rings is 3. The number of nitrogens with zero attached hydrogens (tertiary/aromatic N) is 2. The van der Waals surface area contributed by atoms with Crippen LogP contribution in [0.5, 0.6) is 0 Å². The van der Waals surface area contributed by atoms with Crippen LogP contribution in [0.25, 0.3) is 0 Å². The Morgan fingerprint density at radius 2 is 1.50 bits per heavy atom. The molecule has 0 radical (unpaired) electrons. The summed E-state index contributed by atoms with van der Waals surface area (Å²) in [5.41, 5.74) is 1.37. The van der Waals surface area contributed by atoms with Gasteiger partial charge in [0, 0.05) is 21.0 Å². The van der Waals surface area contributed by atoms with E-state index >= 15 is 0 Å². The Morgan fingerprint density at radius 3 is 2.15 bits per heavy atom. The zero-order valence-corrected chi connectivity index (χ0v) is 23.6. The Balaban J connectivity index is 1.40. The molecular formula is C28H18BrF2N3O4S2. The van der Waals surface area contributed by atoms with E-state index in [1.807, 2.05) is 0 Å². The molecule has 2 aliphatic heterocycles. The van der Waals surface area contributed by atoms with Gasteiger partial charge in [-0.2, -0.15) is 0 Å². The molecule has 3 aromatic carbocycles. The number of hydrogen-bond acceptors (Lipinski definition) is 6. The van der Waals surface area contributed by atoms with Gasteiger partial charge in [-0.15, -0.1) is 0 Å². The van der Waals surface area contributed by atoms with Gasteiger partial charge in [-0.1, -0.05) is 51.2 Å². The van der Waals surface area contributed by atoms with Crippen molar-refractivity contribution < 1.29 is 23.2 Å². The summed E-state index contributed by atoms with van der Waals surface area (Å²) in [5.74, 6) is -3.80. The Bertz CT molecular complexity index is 1710. The van der Waals surface area contributed by atoms with Crippen LogP contribution in [0.1, 0.15) is 16.4 Å². The van der Waals surface area contributed by atoms with Gasteiger partial charge in [0.2, 0.25) is 17.7 Å². The molecule has 0 saturated carbocycles. The minimum Gasteiger partial charge on any atom is -0.325 e. The van der Waals surface area contributed by atoms with Crippen LogP contribution in [0.3, 0.4) is 0 Å². The summed E-state index contributed by atoms with van der Waals surface area (Å²) >= 11 is 5.35. The number of nitrogens with one attached hydrogen (secondary N) is 1. The molecule has 3 heterocycles. The molecule has 6 rings (SSSR count). The molecule has 0 spiro atoms. The van der Waals surface area contributed by atoms with Crippen LogP contribution in [-0.4, -0.2) is 27.5 Å². The number of rotatable bonds is 5. The number of carbonyl (C=O) groups is 3. The van der Waals surface area contributed by atoms with E-state index in [9.17, 15) is 28.0 Å². The summed E-state index contributed by atoms with van der Waals surface area (Å²) in [6.07, 6.45) is 0. The summed E-state index contributed by atoms with van der Waals surface area (Å²) in [6.45, 7) is -0.346. The van der Waals surface area contributed by atoms with Crippen molar-refractivity contribution in [1.82, 2.24) is 4.57 Å². The molecule has 2 aliphatic rings. The normalized spacial score (nSPS) is 19.9. The zero-order valence-electron chi connectivity index (χ0n) is 20.3. The third-order valence-corrected chi connectivity index (χ3v) is 9.93. The number of hydrogen-bond donors (Lipinski definition) is 1. The molecule has 3 atom stereocenters. The van der Waals surface area contributed by atoms with Gasteiger partial charge in [0.05, 0.1) is 16.6 Å². The van der Waals surface area contributed by atoms with Gasteiger partial charge < -0.3 is 5.32 Å². The van der Waals surface area contributed by atoms with Gasteiger partial charge in [-0.05, 0) is 66.2 Å². The topological polar surface area (TPSA) is 88.5 Å². The first-order valence-corrected chi connectivity index (χ1v) is 14.5. The fourth-order valence-electron chi connectivity index (χ4n) is 5.01. The van der Waals surface area contributed by atoms with Crippen molar-refractivity contribution in [1.29, 1.82) is 0 Å². The third kappa shape index (κ3) is 4.69. The third-order valence-electron chi connectivity index (χ3n) is 6.79. The fourth-order valence-corrected chi connectivity index (χ4v) is 8.04. The second kappa shape index (κ2) is 10.4. The average molecular weight is 643 g/mol. The van der Waals surface area contributed by atoms with Crippen LogP contribution in [0.4, 0.5) is 20.2 Å². The molecule has 1 fully saturated rings. The summed E-state index contributed by atoms with van der Waals surface area (Å²) in [7, 11) is 0. The highest BCUT2D eigenvalue weighted by atomic mass is 79.9. The van der Waals surface area contributed by atoms with Gasteiger partial charge in [-0.3, -0.25) is 23.7 Å². The number of carbonyl (C=O) groups excluding carboxylic acids is 3. The molecule has 40 heavy (non-hydrogen) atoms. The van der Waals surface area contributed by atoms with E-state index in [0.29, 0.717) is 26.8 Å². The van der Waals surface area contributed by atoms with Crippen molar-refractivity contribution in [2.45, 2.75) is 22.7 Å². The van der Waals surface area contributed by atoms with Crippen molar-refractivity contribution >= 4 is 68.1 Å². The number of anilines is 2. The SMILES string of the molecule is O=C(Cn1c2c(sc1=O)[C@@H](c1ccc(F)cc1)[C@@H]1C(=O)N(c3ccc(Br)cc3)C(=O)[C@@H]1S2)Nc1ccc(F)cc1. The molecule has 0 aliphatic carbocycles. The van der Waals surface area contributed by atoms with Gasteiger partial charge in [0.15, 0.2) is 0 Å². The van der Waals surface area contributed by atoms with Crippen LogP contribution in [0.2, 0.25) is 0 Å². The Kier molecular flexibility index (Phi) is 6.93. The smallest absolute Gasteiger partial charge is 0.308 e. The summed E-state index contributed by atoms with van der Waals surface area (Å²) < 4.78 is 29.2. The van der Waals surface area contributed by atoms with E-state index in [0.717, 1.165) is 32.5 Å². The van der Waals surface area contributed by atoms with Gasteiger partial charge >= 0.3 is 4.87 Å². The Labute approximate surface area is 242 Å². The lowest BCUT2D eigenvalue weighted by Gasteiger charge is -2.30. The van der Waals surface area contributed by atoms with Crippen LogP contribution < -0.4 is 15.1 Å². The van der Waals surface area contributed by atoms with Crippen molar-refractivity contribution in [3.05, 3.63) is 109 Å². The quantitative estimate of drug-likeness (QED) is 0.296. The van der Waals surface area contributed by atoms with Crippen molar-refractivity contribution in [2.24, 2.45) is 5.92 Å². The number of aromatic nitrogens is 1. The van der Waals surface area contributed by atoms with Crippen molar-refractivity contribution in [3.8, 4) is 0 Å². The number of fused-ring (bicyclic) bond motifs is 2. The molecule has 1 aromatic heterocycles. The van der Waals surface area contributed by atoms with Crippen LogP contribution in [-0.2, 0) is 20.9 Å². The lowest BCUT2D eigenvalue weighted by molar-refractivity contribution is -0.122. The standard InChI is InChI=1S/C28H18BrF2N3O4S2/c29-15-3-11-19(12-4-15)34-25(36)22-21(14-1-5-16(30)6-2-14)24-27(39-23(22)26(34)37)33(28(38)40-24)13-20(35)32-18-9-7-17(31)8-10-18/h1-12,21-23H,13H2,(H,32,35)/t21-,22-,23+/m0/s1. The average Bonchev–Trinajstić information content (AvgIpc) is 3.37. The number of imide groups is 1. The molecule has 0 bridgehead atoms. The lowest BCUT2D eigenvalue weighted by Crippen LogP contribution is -2.33. The summed E-state index contributed by atoms with van der Waals surface area (Å²) in [4.78, 5) is 54.8. The molecular weight excluding hydrogens is 624 g/mol. The van der Waals surface area contributed by atoms with Crippen LogP contribution in [0, 0.1) is 17.6 Å². The maximum absolute atomic E-state index is 13.8. The van der Waals surface area contributed by atoms with E-state index in [1.54, 1.807) is 36.4 Å². The number of thiazole rings is 1. The second-order valence-electron chi connectivity index (χ2n) is 9.26. The van der Waals surface area contributed by atoms with Crippen LogP contribution >= 0.6 is 39.0 Å². The van der Waals surface area contributed by atoms with Crippen molar-refractivity contribution in [3.63, 3.8) is 0 Å². The first-order valence-electron chi connectivity index (χ1n) is 12.1. The lowest BCUT2D eigenvalue weighted by atomic mass is 9.83. The monoisotopic (exact) mass is 641 g/mol. The Hall–Kier alpha value is -3.61. The van der Waals surface area contributed by atoms with Gasteiger partial charge in [0.25, 0.3) is 0 Å². The van der Waals surface area contributed by atoms with E-state index in [-0.39, 0.29) is 6.54 Å². The molecule has 202 valence electrons. The molecule has 7 nitrogen and oxygen atoms in total. The summed E-state index contributed by atoms with van der Waals surface area (Å²) in [6, 6.07) is 17.7. The highest BCUT2D eigenvalue weighted by molar-refractivity contribution is 9.10. The zero-order chi connectivity index (χ0) is 28.1. The second-order valence-corrected chi connectivity index (χ2v) is 12.3. The number of thioether (sulfide) groups is 1. The van der Waals surface area contributed by atoms with Gasteiger partial charge in [-0.25, -0.2) is 13.7 Å². The molecule has 4 aromatic rings. The molecule has 0 unspecified atom stereocenters. The minimum atomic E-state index is -0.862. The van der Waals surface area contributed by atoms with Crippen LogP contribution in [0.15, 0.2) is 87.1 Å². The predicted molar refractivity (Wildman–Crippen MR) is 152 cm³/mol. The minimum absolute atomic E-state index is 0.346. The number of halogens is 3. The largest absolute Gasteiger partial charge is 0.325 e. The maximum atomic E-state index is 13.8. The molecule has 3 amide bonds. The maximum Gasteiger partial charge on any atom is 0.308 e. The van der Waals surface area contributed by atoms with E-state index in [2.05, 4.69) is 21.2 Å². The van der Waals surface area contributed by atoms with Gasteiger partial charge in [0.1, 0.15) is 23.4 Å². The van der Waals surface area contributed by atoms with E-state index < -0.39 is 51.3 Å². The highest BCUT2D eigenvalue weighted by Crippen LogP contribution is 2.53. The Morgan fingerprint density at radius 1 is 0.875 bits per heavy atom. The summed E-state index contributed by atoms with van der Waals surface area (Å²) in [5, 5.41) is 2.19. The molecule has 12 heteroatoms. The molecule has 1 N–H and O–H groups in total. The molecule has 1 saturated heterocycles. The van der Waals surface area contributed by atoms with E-state index in [1.165, 1.54) is 41.0 Å². The first-order chi connectivity index (χ1) is 19.2.